The molecule has 2 aliphatic heterocycles. The zero-order valence-electron chi connectivity index (χ0n) is 21.8. The second-order valence-electron chi connectivity index (χ2n) is 10.8. The minimum absolute atomic E-state index is 0.00374. The van der Waals surface area contributed by atoms with Gasteiger partial charge in [-0.2, -0.15) is 0 Å². The molecular weight excluding hydrogens is 482 g/mol. The number of hydrogen-bond donors (Lipinski definition) is 3. The van der Waals surface area contributed by atoms with Crippen molar-refractivity contribution < 1.29 is 24.2 Å². The Labute approximate surface area is 223 Å². The van der Waals surface area contributed by atoms with E-state index < -0.39 is 6.23 Å². The van der Waals surface area contributed by atoms with Gasteiger partial charge in [0, 0.05) is 50.0 Å². The van der Waals surface area contributed by atoms with Gasteiger partial charge in [-0.3, -0.25) is 19.3 Å². The largest absolute Gasteiger partial charge is 0.379 e. The Hall–Kier alpha value is -3.07. The van der Waals surface area contributed by atoms with Crippen LogP contribution in [0.5, 0.6) is 0 Å². The summed E-state index contributed by atoms with van der Waals surface area (Å²) in [5, 5.41) is 15.7. The summed E-state index contributed by atoms with van der Waals surface area (Å²) in [6.07, 6.45) is 2.68. The van der Waals surface area contributed by atoms with Crippen molar-refractivity contribution in [3.63, 3.8) is 0 Å². The van der Waals surface area contributed by atoms with Crippen molar-refractivity contribution in [2.24, 2.45) is 11.8 Å². The van der Waals surface area contributed by atoms with E-state index >= 15 is 0 Å². The monoisotopic (exact) mass is 519 g/mol. The molecule has 2 amide bonds. The molecule has 3 aliphatic rings. The maximum Gasteiger partial charge on any atom is 0.224 e. The van der Waals surface area contributed by atoms with E-state index in [9.17, 15) is 19.5 Å². The molecule has 3 atom stereocenters. The number of ketones is 1. The van der Waals surface area contributed by atoms with Crippen molar-refractivity contribution in [1.29, 1.82) is 0 Å². The fourth-order valence-corrected chi connectivity index (χ4v) is 5.75. The highest BCUT2D eigenvalue weighted by atomic mass is 16.5. The number of ether oxygens (including phenoxy) is 1. The lowest BCUT2D eigenvalue weighted by Crippen LogP contribution is -2.44. The Morgan fingerprint density at radius 2 is 1.76 bits per heavy atom. The molecule has 3 unspecified atom stereocenters. The fourth-order valence-electron chi connectivity index (χ4n) is 5.75. The van der Waals surface area contributed by atoms with Gasteiger partial charge in [-0.25, -0.2) is 0 Å². The molecule has 2 aromatic carbocycles. The number of Topliss-reactive ketones (excluding diaryl/α,β-unsaturated/α-hetero) is 1. The second-order valence-corrected chi connectivity index (χ2v) is 10.8. The van der Waals surface area contributed by atoms with Gasteiger partial charge in [-0.05, 0) is 47.9 Å². The number of carbonyl (C=O) groups excluding carboxylic acids is 3. The molecule has 2 fully saturated rings. The SMILES string of the molecule is O=C(Cc1ccc(CN2CCOCC2)cc1)NCc1ccc2c(c1)CC(CCC1CCC(=O)NC1O)C2=O. The standard InChI is InChI=1S/C30H37N3O5/c34-27-10-8-23(30(37)32-27)6-7-24-17-25-15-22(5-9-26(25)29(24)36)18-31-28(35)16-20-1-3-21(4-2-20)19-33-11-13-38-14-12-33/h1-5,9,15,23-24,30,37H,6-8,10-14,16-19H2,(H,31,35)(H,32,34). The number of fused-ring (bicyclic) bond motifs is 1. The van der Waals surface area contributed by atoms with Gasteiger partial charge >= 0.3 is 0 Å². The van der Waals surface area contributed by atoms with Crippen LogP contribution in [0.15, 0.2) is 42.5 Å². The van der Waals surface area contributed by atoms with Crippen molar-refractivity contribution in [3.05, 3.63) is 70.3 Å². The number of hydrogen-bond acceptors (Lipinski definition) is 6. The number of nitrogens with zero attached hydrogens (tertiary/aromatic N) is 1. The quantitative estimate of drug-likeness (QED) is 0.470. The highest BCUT2D eigenvalue weighted by molar-refractivity contribution is 6.02. The van der Waals surface area contributed by atoms with Gasteiger partial charge in [0.05, 0.1) is 19.6 Å². The molecule has 202 valence electrons. The van der Waals surface area contributed by atoms with Crippen molar-refractivity contribution in [2.75, 3.05) is 26.3 Å². The lowest BCUT2D eigenvalue weighted by molar-refractivity contribution is -0.129. The topological polar surface area (TPSA) is 108 Å². The van der Waals surface area contributed by atoms with Crippen LogP contribution in [0.1, 0.15) is 58.3 Å². The summed E-state index contributed by atoms with van der Waals surface area (Å²) in [6.45, 7) is 4.80. The Morgan fingerprint density at radius 1 is 1.03 bits per heavy atom. The summed E-state index contributed by atoms with van der Waals surface area (Å²) in [6, 6.07) is 14.1. The lowest BCUT2D eigenvalue weighted by Gasteiger charge is -2.28. The number of amides is 2. The molecular formula is C30H37N3O5. The summed E-state index contributed by atoms with van der Waals surface area (Å²) >= 11 is 0. The molecule has 2 aromatic rings. The van der Waals surface area contributed by atoms with Crippen molar-refractivity contribution in [2.45, 2.75) is 57.8 Å². The summed E-state index contributed by atoms with van der Waals surface area (Å²) in [4.78, 5) is 39.3. The average molecular weight is 520 g/mol. The molecule has 2 heterocycles. The number of nitrogens with one attached hydrogen (secondary N) is 2. The van der Waals surface area contributed by atoms with Crippen LogP contribution >= 0.6 is 0 Å². The predicted molar refractivity (Wildman–Crippen MR) is 142 cm³/mol. The summed E-state index contributed by atoms with van der Waals surface area (Å²) < 4.78 is 5.40. The Morgan fingerprint density at radius 3 is 2.53 bits per heavy atom. The van der Waals surface area contributed by atoms with E-state index in [1.54, 1.807) is 0 Å². The van der Waals surface area contributed by atoms with Crippen LogP contribution in [-0.4, -0.2) is 60.1 Å². The van der Waals surface area contributed by atoms with E-state index in [4.69, 9.17) is 4.74 Å². The van der Waals surface area contributed by atoms with Gasteiger partial charge in [0.2, 0.25) is 11.8 Å². The molecule has 8 nitrogen and oxygen atoms in total. The summed E-state index contributed by atoms with van der Waals surface area (Å²) in [5.41, 5.74) is 5.00. The number of carbonyl (C=O) groups is 3. The van der Waals surface area contributed by atoms with Crippen LogP contribution in [0.2, 0.25) is 0 Å². The molecule has 0 radical (unpaired) electrons. The number of benzene rings is 2. The first-order valence-electron chi connectivity index (χ1n) is 13.7. The zero-order chi connectivity index (χ0) is 26.5. The molecule has 3 N–H and O–H groups in total. The first-order valence-corrected chi connectivity index (χ1v) is 13.7. The minimum atomic E-state index is -0.821. The van der Waals surface area contributed by atoms with Crippen LogP contribution < -0.4 is 10.6 Å². The first-order chi connectivity index (χ1) is 18.4. The van der Waals surface area contributed by atoms with E-state index in [0.29, 0.717) is 45.1 Å². The molecule has 0 spiro atoms. The van der Waals surface area contributed by atoms with Gasteiger partial charge in [0.25, 0.3) is 0 Å². The highest BCUT2D eigenvalue weighted by Gasteiger charge is 2.33. The van der Waals surface area contributed by atoms with E-state index in [0.717, 1.165) is 55.1 Å². The molecule has 2 saturated heterocycles. The van der Waals surface area contributed by atoms with E-state index in [1.165, 1.54) is 5.56 Å². The average Bonchev–Trinajstić information content (AvgIpc) is 3.23. The highest BCUT2D eigenvalue weighted by Crippen LogP contribution is 2.33. The summed E-state index contributed by atoms with van der Waals surface area (Å²) in [5.74, 6) is -0.0857. The summed E-state index contributed by atoms with van der Waals surface area (Å²) in [7, 11) is 0. The smallest absolute Gasteiger partial charge is 0.224 e. The molecule has 1 aliphatic carbocycles. The lowest BCUT2D eigenvalue weighted by atomic mass is 9.87. The normalized spacial score (nSPS) is 23.7. The number of aliphatic hydroxyl groups is 1. The van der Waals surface area contributed by atoms with E-state index in [-0.39, 0.29) is 29.4 Å². The van der Waals surface area contributed by atoms with Crippen LogP contribution in [0.25, 0.3) is 0 Å². The molecule has 0 saturated carbocycles. The third kappa shape index (κ3) is 6.67. The number of piperidine rings is 1. The van der Waals surface area contributed by atoms with E-state index in [2.05, 4.69) is 27.7 Å². The van der Waals surface area contributed by atoms with Gasteiger partial charge in [-0.15, -0.1) is 0 Å². The maximum atomic E-state index is 12.9. The van der Waals surface area contributed by atoms with Crippen LogP contribution in [0, 0.1) is 11.8 Å². The van der Waals surface area contributed by atoms with Crippen molar-refractivity contribution >= 4 is 17.6 Å². The maximum absolute atomic E-state index is 12.9. The molecule has 8 heteroatoms. The van der Waals surface area contributed by atoms with Crippen LogP contribution in [-0.2, 0) is 40.3 Å². The van der Waals surface area contributed by atoms with E-state index in [1.807, 2.05) is 30.3 Å². The third-order valence-electron chi connectivity index (χ3n) is 8.04. The molecule has 0 bridgehead atoms. The van der Waals surface area contributed by atoms with Gasteiger partial charge in [-0.1, -0.05) is 42.5 Å². The molecule has 5 rings (SSSR count). The first kappa shape index (κ1) is 26.5. The molecule has 38 heavy (non-hydrogen) atoms. The fraction of sp³-hybridized carbons (Fsp3) is 0.500. The van der Waals surface area contributed by atoms with Gasteiger partial charge < -0.3 is 20.5 Å². The van der Waals surface area contributed by atoms with Crippen molar-refractivity contribution in [1.82, 2.24) is 15.5 Å². The van der Waals surface area contributed by atoms with Crippen LogP contribution in [0.3, 0.4) is 0 Å². The van der Waals surface area contributed by atoms with Crippen LogP contribution in [0.4, 0.5) is 0 Å². The number of morpholine rings is 1. The van der Waals surface area contributed by atoms with Crippen molar-refractivity contribution in [3.8, 4) is 0 Å². The minimum Gasteiger partial charge on any atom is -0.379 e. The predicted octanol–water partition coefficient (Wildman–Crippen LogP) is 2.36. The van der Waals surface area contributed by atoms with Gasteiger partial charge in [0.15, 0.2) is 5.78 Å². The number of rotatable bonds is 9. The Bertz CT molecular complexity index is 1160. The van der Waals surface area contributed by atoms with Gasteiger partial charge in [0.1, 0.15) is 6.23 Å². The Balaban J connectivity index is 1.08. The zero-order valence-corrected chi connectivity index (χ0v) is 21.8. The number of aliphatic hydroxyl groups excluding tert-OH is 1. The molecule has 0 aromatic heterocycles. The second kappa shape index (κ2) is 12.2. The third-order valence-corrected chi connectivity index (χ3v) is 8.04. The Kier molecular flexibility index (Phi) is 8.51.